The first-order valence-corrected chi connectivity index (χ1v) is 11.1. The van der Waals surface area contributed by atoms with Gasteiger partial charge in [0.05, 0.1) is 16.7 Å². The predicted molar refractivity (Wildman–Crippen MR) is 134 cm³/mol. The number of aromatic nitrogens is 5. The molecule has 1 N–H and O–H groups in total. The average molecular weight is 503 g/mol. The zero-order valence-electron chi connectivity index (χ0n) is 19.7. The van der Waals surface area contributed by atoms with Crippen LogP contribution in [0.2, 0.25) is 0 Å². The minimum atomic E-state index is -4.64. The average Bonchev–Trinajstić information content (AvgIpc) is 3.34. The van der Waals surface area contributed by atoms with E-state index in [4.69, 9.17) is 0 Å². The molecule has 1 amide bonds. The maximum atomic E-state index is 13.4. The van der Waals surface area contributed by atoms with Crippen molar-refractivity contribution < 1.29 is 18.0 Å². The molecule has 5 rings (SSSR count). The van der Waals surface area contributed by atoms with Gasteiger partial charge >= 0.3 is 6.18 Å². The van der Waals surface area contributed by atoms with Gasteiger partial charge < -0.3 is 10.2 Å². The molecule has 0 aliphatic carbocycles. The molecule has 5 aromatic rings. The number of benzene rings is 2. The van der Waals surface area contributed by atoms with Gasteiger partial charge in [0.25, 0.3) is 5.91 Å². The lowest BCUT2D eigenvalue weighted by atomic mass is 10.1. The molecular formula is C26H20F3N7O. The zero-order valence-corrected chi connectivity index (χ0v) is 19.7. The topological polar surface area (TPSA) is 88.8 Å². The molecule has 0 saturated carbocycles. The SMILES string of the molecule is CN(C)c1ccc(NC(=O)c2cc(-c3ccc4nccnc4c3)n(-c3cccc(C(F)(F)F)n3)n2)cc1. The number of carbonyl (C=O) groups excluding carboxylic acids is 1. The maximum absolute atomic E-state index is 13.4. The second-order valence-electron chi connectivity index (χ2n) is 8.36. The molecule has 0 spiro atoms. The molecule has 2 aromatic carbocycles. The summed E-state index contributed by atoms with van der Waals surface area (Å²) < 4.78 is 41.3. The Balaban J connectivity index is 1.58. The van der Waals surface area contributed by atoms with E-state index in [0.29, 0.717) is 28.0 Å². The van der Waals surface area contributed by atoms with Crippen molar-refractivity contribution >= 4 is 28.3 Å². The fourth-order valence-electron chi connectivity index (χ4n) is 3.73. The molecule has 0 bridgehead atoms. The Morgan fingerprint density at radius 1 is 0.919 bits per heavy atom. The molecule has 0 saturated heterocycles. The van der Waals surface area contributed by atoms with Crippen molar-refractivity contribution in [3.05, 3.63) is 90.5 Å². The van der Waals surface area contributed by atoms with Crippen molar-refractivity contribution in [2.75, 3.05) is 24.3 Å². The predicted octanol–water partition coefficient (Wildman–Crippen LogP) is 5.21. The smallest absolute Gasteiger partial charge is 0.378 e. The molecule has 0 fully saturated rings. The van der Waals surface area contributed by atoms with Crippen molar-refractivity contribution in [3.63, 3.8) is 0 Å². The van der Waals surface area contributed by atoms with Crippen LogP contribution in [0.1, 0.15) is 16.2 Å². The highest BCUT2D eigenvalue weighted by Gasteiger charge is 2.33. The molecule has 186 valence electrons. The second-order valence-corrected chi connectivity index (χ2v) is 8.36. The summed E-state index contributed by atoms with van der Waals surface area (Å²) in [6, 6.07) is 17.4. The number of nitrogens with zero attached hydrogens (tertiary/aromatic N) is 6. The van der Waals surface area contributed by atoms with E-state index >= 15 is 0 Å². The Labute approximate surface area is 209 Å². The summed E-state index contributed by atoms with van der Waals surface area (Å²) >= 11 is 0. The number of anilines is 2. The fourth-order valence-corrected chi connectivity index (χ4v) is 3.73. The highest BCUT2D eigenvalue weighted by Crippen LogP contribution is 2.30. The fraction of sp³-hybridized carbons (Fsp3) is 0.115. The summed E-state index contributed by atoms with van der Waals surface area (Å²) in [5, 5.41) is 7.11. The first-order chi connectivity index (χ1) is 17.7. The Morgan fingerprint density at radius 3 is 2.35 bits per heavy atom. The summed E-state index contributed by atoms with van der Waals surface area (Å²) in [4.78, 5) is 27.3. The Bertz CT molecular complexity index is 1590. The first-order valence-electron chi connectivity index (χ1n) is 11.1. The van der Waals surface area contributed by atoms with Gasteiger partial charge in [-0.25, -0.2) is 9.67 Å². The van der Waals surface area contributed by atoms with Crippen LogP contribution < -0.4 is 10.2 Å². The number of pyridine rings is 1. The Hall–Kier alpha value is -4.80. The van der Waals surface area contributed by atoms with Crippen molar-refractivity contribution in [1.82, 2.24) is 24.7 Å². The van der Waals surface area contributed by atoms with Crippen LogP contribution in [-0.2, 0) is 6.18 Å². The molecule has 11 heteroatoms. The van der Waals surface area contributed by atoms with Crippen molar-refractivity contribution in [2.24, 2.45) is 0 Å². The lowest BCUT2D eigenvalue weighted by molar-refractivity contribution is -0.141. The van der Waals surface area contributed by atoms with Gasteiger partial charge in [0.1, 0.15) is 5.69 Å². The minimum Gasteiger partial charge on any atom is -0.378 e. The largest absolute Gasteiger partial charge is 0.433 e. The third kappa shape index (κ3) is 4.96. The normalized spacial score (nSPS) is 11.5. The number of amides is 1. The van der Waals surface area contributed by atoms with Gasteiger partial charge in [-0.15, -0.1) is 0 Å². The standard InChI is InChI=1S/C26H20F3N7O/c1-35(2)18-9-7-17(8-10-18)32-25(37)21-15-22(16-6-11-19-20(14-16)31-13-12-30-19)36(34-21)24-5-3-4-23(33-24)26(27,28)29/h3-15H,1-2H3,(H,32,37). The molecule has 0 unspecified atom stereocenters. The van der Waals surface area contributed by atoms with Gasteiger partial charge in [0, 0.05) is 43.4 Å². The maximum Gasteiger partial charge on any atom is 0.433 e. The molecule has 3 heterocycles. The van der Waals surface area contributed by atoms with Gasteiger partial charge in [-0.2, -0.15) is 18.3 Å². The third-order valence-corrected chi connectivity index (χ3v) is 5.59. The van der Waals surface area contributed by atoms with E-state index < -0.39 is 17.8 Å². The van der Waals surface area contributed by atoms with Gasteiger partial charge in [-0.1, -0.05) is 12.1 Å². The van der Waals surface area contributed by atoms with E-state index in [1.165, 1.54) is 29.1 Å². The lowest BCUT2D eigenvalue weighted by Crippen LogP contribution is -2.14. The van der Waals surface area contributed by atoms with Crippen molar-refractivity contribution in [1.29, 1.82) is 0 Å². The first kappa shape index (κ1) is 23.9. The molecule has 0 aliphatic rings. The Kier molecular flexibility index (Phi) is 6.04. The van der Waals surface area contributed by atoms with Crippen LogP contribution in [0.4, 0.5) is 24.5 Å². The van der Waals surface area contributed by atoms with Crippen LogP contribution in [0.25, 0.3) is 28.1 Å². The quantitative estimate of drug-likeness (QED) is 0.354. The van der Waals surface area contributed by atoms with E-state index in [2.05, 4.69) is 25.4 Å². The molecule has 0 atom stereocenters. The molecule has 37 heavy (non-hydrogen) atoms. The van der Waals surface area contributed by atoms with E-state index in [0.717, 1.165) is 11.8 Å². The summed E-state index contributed by atoms with van der Waals surface area (Å²) in [7, 11) is 3.81. The minimum absolute atomic E-state index is 0.00476. The number of fused-ring (bicyclic) bond motifs is 1. The van der Waals surface area contributed by atoms with Gasteiger partial charge in [-0.3, -0.25) is 14.8 Å². The van der Waals surface area contributed by atoms with Crippen LogP contribution in [0.5, 0.6) is 0 Å². The number of halogens is 3. The zero-order chi connectivity index (χ0) is 26.2. The lowest BCUT2D eigenvalue weighted by Gasteiger charge is -2.12. The van der Waals surface area contributed by atoms with Crippen molar-refractivity contribution in [2.45, 2.75) is 6.18 Å². The number of hydrogen-bond acceptors (Lipinski definition) is 6. The summed E-state index contributed by atoms with van der Waals surface area (Å²) in [5.74, 6) is -0.608. The number of carbonyl (C=O) groups is 1. The molecule has 8 nitrogen and oxygen atoms in total. The van der Waals surface area contributed by atoms with Gasteiger partial charge in [0.15, 0.2) is 11.5 Å². The van der Waals surface area contributed by atoms with Gasteiger partial charge in [0.2, 0.25) is 0 Å². The molecular weight excluding hydrogens is 483 g/mol. The van der Waals surface area contributed by atoms with E-state index in [1.54, 1.807) is 36.5 Å². The molecule has 0 aliphatic heterocycles. The molecule has 3 aromatic heterocycles. The van der Waals surface area contributed by atoms with E-state index in [1.807, 2.05) is 31.1 Å². The summed E-state index contributed by atoms with van der Waals surface area (Å²) in [6.45, 7) is 0. The number of nitrogens with one attached hydrogen (secondary N) is 1. The van der Waals surface area contributed by atoms with Crippen molar-refractivity contribution in [3.8, 4) is 17.1 Å². The van der Waals surface area contributed by atoms with Crippen LogP contribution in [-0.4, -0.2) is 44.7 Å². The van der Waals surface area contributed by atoms with Crippen LogP contribution in [0.15, 0.2) is 79.1 Å². The van der Waals surface area contributed by atoms with E-state index in [-0.39, 0.29) is 11.5 Å². The second kappa shape index (κ2) is 9.34. The highest BCUT2D eigenvalue weighted by atomic mass is 19.4. The monoisotopic (exact) mass is 503 g/mol. The highest BCUT2D eigenvalue weighted by molar-refractivity contribution is 6.03. The summed E-state index contributed by atoms with van der Waals surface area (Å²) in [5.41, 5.74) is 2.62. The van der Waals surface area contributed by atoms with E-state index in [9.17, 15) is 18.0 Å². The number of alkyl halides is 3. The third-order valence-electron chi connectivity index (χ3n) is 5.59. The summed E-state index contributed by atoms with van der Waals surface area (Å²) in [6.07, 6.45) is -1.54. The van der Waals surface area contributed by atoms with Crippen LogP contribution >= 0.6 is 0 Å². The van der Waals surface area contributed by atoms with Gasteiger partial charge in [-0.05, 0) is 54.6 Å². The van der Waals surface area contributed by atoms with Crippen LogP contribution in [0, 0.1) is 0 Å². The Morgan fingerprint density at radius 2 is 1.65 bits per heavy atom. The number of rotatable bonds is 5. The molecule has 0 radical (unpaired) electrons. The van der Waals surface area contributed by atoms with Crippen LogP contribution in [0.3, 0.4) is 0 Å². The number of hydrogen-bond donors (Lipinski definition) is 1.